The van der Waals surface area contributed by atoms with E-state index in [2.05, 4.69) is 51.4 Å². The Morgan fingerprint density at radius 2 is 2.13 bits per heavy atom. The number of nitrogens with one attached hydrogen (secondary N) is 2. The normalized spacial score (nSPS) is 16.1. The first-order valence-corrected chi connectivity index (χ1v) is 9.83. The molecule has 1 atom stereocenters. The van der Waals surface area contributed by atoms with E-state index in [0.717, 1.165) is 36.6 Å². The molecule has 168 valence electrons. The molecule has 1 aromatic carbocycles. The molecule has 0 amide bonds. The first kappa shape index (κ1) is 25.0. The van der Waals surface area contributed by atoms with Gasteiger partial charge in [0.25, 0.3) is 0 Å². The summed E-state index contributed by atoms with van der Waals surface area (Å²) in [6.45, 7) is 5.10. The summed E-state index contributed by atoms with van der Waals surface area (Å²) < 4.78 is 40.2. The number of aliphatic imine (C=N–C) groups is 1. The molecule has 1 aromatic heterocycles. The fourth-order valence-electron chi connectivity index (χ4n) is 3.13. The van der Waals surface area contributed by atoms with Crippen molar-refractivity contribution in [2.45, 2.75) is 51.4 Å². The number of hydrogen-bond donors (Lipinski definition) is 2. The lowest BCUT2D eigenvalue weighted by molar-refractivity contribution is -0.137. The van der Waals surface area contributed by atoms with Crippen LogP contribution < -0.4 is 10.6 Å². The molecule has 0 fully saturated rings. The number of halogens is 4. The summed E-state index contributed by atoms with van der Waals surface area (Å²) in [5.74, 6) is 8.33. The summed E-state index contributed by atoms with van der Waals surface area (Å²) in [6.07, 6.45) is -2.63. The van der Waals surface area contributed by atoms with Crippen LogP contribution in [0.5, 0.6) is 0 Å². The van der Waals surface area contributed by atoms with Crippen molar-refractivity contribution >= 4 is 29.9 Å². The largest absolute Gasteiger partial charge is 0.416 e. The van der Waals surface area contributed by atoms with Gasteiger partial charge in [0.2, 0.25) is 0 Å². The third kappa shape index (κ3) is 6.85. The van der Waals surface area contributed by atoms with Crippen LogP contribution in [0, 0.1) is 11.8 Å². The van der Waals surface area contributed by atoms with Crippen molar-refractivity contribution in [2.24, 2.45) is 4.99 Å². The van der Waals surface area contributed by atoms with Gasteiger partial charge >= 0.3 is 6.18 Å². The van der Waals surface area contributed by atoms with E-state index in [1.54, 1.807) is 13.1 Å². The van der Waals surface area contributed by atoms with Gasteiger partial charge in [0.15, 0.2) is 11.8 Å². The van der Waals surface area contributed by atoms with Gasteiger partial charge in [-0.15, -0.1) is 24.0 Å². The van der Waals surface area contributed by atoms with Gasteiger partial charge in [0.1, 0.15) is 5.82 Å². The summed E-state index contributed by atoms with van der Waals surface area (Å²) in [5, 5.41) is 11.0. The van der Waals surface area contributed by atoms with Crippen molar-refractivity contribution in [3.8, 4) is 11.8 Å². The molecule has 31 heavy (non-hydrogen) atoms. The lowest BCUT2D eigenvalue weighted by Gasteiger charge is -2.25. The number of hydrogen-bond acceptors (Lipinski definition) is 3. The molecule has 1 aliphatic heterocycles. The molecule has 0 bridgehead atoms. The highest BCUT2D eigenvalue weighted by Crippen LogP contribution is 2.29. The molecule has 0 aliphatic carbocycles. The lowest BCUT2D eigenvalue weighted by atomic mass is 10.1. The Morgan fingerprint density at radius 1 is 1.35 bits per heavy atom. The Labute approximate surface area is 197 Å². The maximum atomic E-state index is 12.8. The van der Waals surface area contributed by atoms with Crippen molar-refractivity contribution in [3.63, 3.8) is 0 Å². The molecule has 1 unspecified atom stereocenters. The van der Waals surface area contributed by atoms with Gasteiger partial charge < -0.3 is 10.6 Å². The monoisotopic (exact) mass is 546 g/mol. The standard InChI is InChI=1S/C21H25F3N6.HI/c1-14(2)19-28-18-10-9-17(13-30(18)29-19)27-20(25-3)26-11-5-7-15-6-4-8-16(12-15)21(22,23)24;/h4,6,8,12,14,17H,9-11,13H2,1-3H3,(H2,25,26,27);1H. The number of nitrogens with zero attached hydrogens (tertiary/aromatic N) is 4. The van der Waals surface area contributed by atoms with Gasteiger partial charge in [0, 0.05) is 31.0 Å². The summed E-state index contributed by atoms with van der Waals surface area (Å²) in [7, 11) is 1.66. The summed E-state index contributed by atoms with van der Waals surface area (Å²) in [6, 6.07) is 5.14. The number of aromatic nitrogens is 3. The van der Waals surface area contributed by atoms with Crippen molar-refractivity contribution < 1.29 is 13.2 Å². The number of guanidine groups is 1. The summed E-state index contributed by atoms with van der Waals surface area (Å²) in [4.78, 5) is 8.78. The second-order valence-electron chi connectivity index (χ2n) is 7.41. The number of rotatable bonds is 3. The maximum Gasteiger partial charge on any atom is 0.416 e. The molecule has 1 aliphatic rings. The second kappa shape index (κ2) is 10.8. The number of aryl methyl sites for hydroxylation is 1. The van der Waals surface area contributed by atoms with Gasteiger partial charge in [-0.25, -0.2) is 9.67 Å². The molecule has 10 heteroatoms. The maximum absolute atomic E-state index is 12.8. The highest BCUT2D eigenvalue weighted by Gasteiger charge is 2.30. The Hall–Kier alpha value is -2.29. The van der Waals surface area contributed by atoms with E-state index in [-0.39, 0.29) is 36.6 Å². The van der Waals surface area contributed by atoms with Crippen molar-refractivity contribution in [2.75, 3.05) is 13.6 Å². The highest BCUT2D eigenvalue weighted by molar-refractivity contribution is 14.0. The van der Waals surface area contributed by atoms with Crippen LogP contribution in [0.4, 0.5) is 13.2 Å². The van der Waals surface area contributed by atoms with Crippen LogP contribution in [0.2, 0.25) is 0 Å². The third-order valence-corrected chi connectivity index (χ3v) is 4.72. The molecule has 0 radical (unpaired) electrons. The van der Waals surface area contributed by atoms with Crippen LogP contribution in [-0.4, -0.2) is 40.4 Å². The molecule has 2 aromatic rings. The Bertz CT molecular complexity index is 971. The van der Waals surface area contributed by atoms with E-state index >= 15 is 0 Å². The van der Waals surface area contributed by atoms with Crippen LogP contribution in [0.1, 0.15) is 49.0 Å². The molecule has 0 saturated heterocycles. The first-order valence-electron chi connectivity index (χ1n) is 9.83. The molecule has 0 saturated carbocycles. The zero-order chi connectivity index (χ0) is 21.7. The molecule has 3 rings (SSSR count). The van der Waals surface area contributed by atoms with Gasteiger partial charge in [-0.1, -0.05) is 31.8 Å². The SMILES string of the molecule is CN=C(NCC#Cc1cccc(C(F)(F)F)c1)NC1CCc2nc(C(C)C)nn2C1.I. The van der Waals surface area contributed by atoms with E-state index in [9.17, 15) is 13.2 Å². The van der Waals surface area contributed by atoms with E-state index in [1.165, 1.54) is 6.07 Å². The molecular weight excluding hydrogens is 520 g/mol. The van der Waals surface area contributed by atoms with E-state index in [0.29, 0.717) is 24.0 Å². The minimum atomic E-state index is -4.37. The summed E-state index contributed by atoms with van der Waals surface area (Å²) in [5.41, 5.74) is -0.383. The lowest BCUT2D eigenvalue weighted by Crippen LogP contribution is -2.47. The van der Waals surface area contributed by atoms with Gasteiger partial charge in [0.05, 0.1) is 18.7 Å². The van der Waals surface area contributed by atoms with Crippen LogP contribution in [0.25, 0.3) is 0 Å². The fourth-order valence-corrected chi connectivity index (χ4v) is 3.13. The molecule has 6 nitrogen and oxygen atoms in total. The first-order chi connectivity index (χ1) is 14.3. The molecular formula is C21H26F3IN6. The average molecular weight is 546 g/mol. The van der Waals surface area contributed by atoms with Crippen LogP contribution >= 0.6 is 24.0 Å². The molecule has 2 heterocycles. The third-order valence-electron chi connectivity index (χ3n) is 4.72. The fraction of sp³-hybridized carbons (Fsp3) is 0.476. The Morgan fingerprint density at radius 3 is 2.81 bits per heavy atom. The van der Waals surface area contributed by atoms with Crippen molar-refractivity contribution in [3.05, 3.63) is 47.0 Å². The zero-order valence-corrected chi connectivity index (χ0v) is 20.0. The minimum absolute atomic E-state index is 0. The van der Waals surface area contributed by atoms with Gasteiger partial charge in [-0.05, 0) is 24.6 Å². The Balaban J connectivity index is 0.00000341. The summed E-state index contributed by atoms with van der Waals surface area (Å²) >= 11 is 0. The number of fused-ring (bicyclic) bond motifs is 1. The quantitative estimate of drug-likeness (QED) is 0.268. The van der Waals surface area contributed by atoms with Crippen LogP contribution in [-0.2, 0) is 19.1 Å². The van der Waals surface area contributed by atoms with E-state index < -0.39 is 11.7 Å². The smallest absolute Gasteiger partial charge is 0.352 e. The number of benzene rings is 1. The topological polar surface area (TPSA) is 67.1 Å². The van der Waals surface area contributed by atoms with Gasteiger partial charge in [-0.3, -0.25) is 4.99 Å². The van der Waals surface area contributed by atoms with Crippen molar-refractivity contribution in [1.29, 1.82) is 0 Å². The predicted molar refractivity (Wildman–Crippen MR) is 124 cm³/mol. The molecule has 2 N–H and O–H groups in total. The van der Waals surface area contributed by atoms with E-state index in [4.69, 9.17) is 0 Å². The minimum Gasteiger partial charge on any atom is -0.352 e. The molecule has 0 spiro atoms. The number of alkyl halides is 3. The highest BCUT2D eigenvalue weighted by atomic mass is 127. The average Bonchev–Trinajstić information content (AvgIpc) is 3.13. The van der Waals surface area contributed by atoms with Crippen molar-refractivity contribution in [1.82, 2.24) is 25.4 Å². The van der Waals surface area contributed by atoms with Crippen LogP contribution in [0.3, 0.4) is 0 Å². The zero-order valence-electron chi connectivity index (χ0n) is 17.6. The van der Waals surface area contributed by atoms with Crippen LogP contribution in [0.15, 0.2) is 29.3 Å². The van der Waals surface area contributed by atoms with Gasteiger partial charge in [-0.2, -0.15) is 18.3 Å². The second-order valence-corrected chi connectivity index (χ2v) is 7.41. The van der Waals surface area contributed by atoms with E-state index in [1.807, 2.05) is 4.68 Å². The predicted octanol–water partition coefficient (Wildman–Crippen LogP) is 3.57. The Kier molecular flexibility index (Phi) is 8.73.